The van der Waals surface area contributed by atoms with E-state index in [0.29, 0.717) is 18.4 Å². The third-order valence-electron chi connectivity index (χ3n) is 5.26. The number of hydrogen-bond donors (Lipinski definition) is 1. The Morgan fingerprint density at radius 1 is 1.16 bits per heavy atom. The number of nitrogens with zero attached hydrogens (tertiary/aromatic N) is 1. The summed E-state index contributed by atoms with van der Waals surface area (Å²) in [4.78, 5) is 15.2. The minimum atomic E-state index is -0.130. The number of hydrogen-bond acceptors (Lipinski definition) is 4. The lowest BCUT2D eigenvalue weighted by atomic mass is 9.99. The number of rotatable bonds is 5. The van der Waals surface area contributed by atoms with E-state index in [4.69, 9.17) is 9.15 Å². The van der Waals surface area contributed by atoms with E-state index in [2.05, 4.69) is 10.2 Å². The molecule has 2 aliphatic heterocycles. The van der Waals surface area contributed by atoms with E-state index in [1.54, 1.807) is 12.3 Å². The number of amides is 1. The maximum absolute atomic E-state index is 12.7. The van der Waals surface area contributed by atoms with Gasteiger partial charge in [-0.1, -0.05) is 24.6 Å². The molecule has 5 heteroatoms. The van der Waals surface area contributed by atoms with Gasteiger partial charge in [0.15, 0.2) is 5.76 Å². The second-order valence-corrected chi connectivity index (χ2v) is 6.84. The summed E-state index contributed by atoms with van der Waals surface area (Å²) in [5, 5.41) is 3.19. The van der Waals surface area contributed by atoms with Crippen LogP contribution < -0.4 is 10.1 Å². The third kappa shape index (κ3) is 3.56. The minimum Gasteiger partial charge on any atom is -0.489 e. The number of ether oxygens (including phenoxy) is 1. The summed E-state index contributed by atoms with van der Waals surface area (Å²) < 4.78 is 11.2. The van der Waals surface area contributed by atoms with Gasteiger partial charge in [0.2, 0.25) is 0 Å². The van der Waals surface area contributed by atoms with Gasteiger partial charge in [-0.05, 0) is 44.0 Å². The van der Waals surface area contributed by atoms with Gasteiger partial charge in [-0.15, -0.1) is 0 Å². The summed E-state index contributed by atoms with van der Waals surface area (Å²) in [6.07, 6.45) is 6.28. The standard InChI is InChI=1S/C20H24N2O3/c23-20(21-17-9-12-22-11-5-4-8-18(17)22)19-15(10-13-24-19)14-25-16-6-2-1-3-7-16/h1-3,6-7,10,13,17-18H,4-5,8-9,11-12,14H2,(H,21,23). The van der Waals surface area contributed by atoms with Gasteiger partial charge < -0.3 is 14.5 Å². The summed E-state index contributed by atoms with van der Waals surface area (Å²) in [5.74, 6) is 1.02. The van der Waals surface area contributed by atoms with E-state index in [9.17, 15) is 4.79 Å². The molecule has 0 spiro atoms. The smallest absolute Gasteiger partial charge is 0.287 e. The summed E-state index contributed by atoms with van der Waals surface area (Å²) >= 11 is 0. The van der Waals surface area contributed by atoms with Crippen molar-refractivity contribution in [2.45, 2.75) is 44.4 Å². The van der Waals surface area contributed by atoms with Crippen LogP contribution in [0.25, 0.3) is 0 Å². The first-order valence-corrected chi connectivity index (χ1v) is 9.10. The fraction of sp³-hybridized carbons (Fsp3) is 0.450. The molecule has 1 aromatic heterocycles. The van der Waals surface area contributed by atoms with Gasteiger partial charge in [0, 0.05) is 24.2 Å². The topological polar surface area (TPSA) is 54.7 Å². The van der Waals surface area contributed by atoms with Crippen LogP contribution in [0, 0.1) is 0 Å². The number of carbonyl (C=O) groups is 1. The van der Waals surface area contributed by atoms with E-state index < -0.39 is 0 Å². The Morgan fingerprint density at radius 2 is 2.04 bits per heavy atom. The van der Waals surface area contributed by atoms with Crippen LogP contribution in [0.3, 0.4) is 0 Å². The number of fused-ring (bicyclic) bond motifs is 1. The van der Waals surface area contributed by atoms with E-state index in [0.717, 1.165) is 30.8 Å². The highest BCUT2D eigenvalue weighted by molar-refractivity contribution is 5.93. The number of piperidine rings is 1. The SMILES string of the molecule is O=C(NC1CCN2CCCCC12)c1occc1COc1ccccc1. The van der Waals surface area contributed by atoms with Crippen molar-refractivity contribution in [1.29, 1.82) is 0 Å². The predicted octanol–water partition coefficient (Wildman–Crippen LogP) is 3.22. The molecule has 1 aromatic carbocycles. The van der Waals surface area contributed by atoms with Crippen LogP contribution in [0.2, 0.25) is 0 Å². The number of furan rings is 1. The molecule has 0 radical (unpaired) electrons. The van der Waals surface area contributed by atoms with Gasteiger partial charge in [0.05, 0.1) is 6.26 Å². The molecule has 25 heavy (non-hydrogen) atoms. The summed E-state index contributed by atoms with van der Waals surface area (Å²) in [6.45, 7) is 2.56. The average molecular weight is 340 g/mol. The van der Waals surface area contributed by atoms with Gasteiger partial charge in [-0.25, -0.2) is 0 Å². The van der Waals surface area contributed by atoms with Crippen LogP contribution in [0.1, 0.15) is 41.8 Å². The minimum absolute atomic E-state index is 0.130. The molecule has 4 rings (SSSR count). The van der Waals surface area contributed by atoms with Gasteiger partial charge >= 0.3 is 0 Å². The Kier molecular flexibility index (Phi) is 4.74. The van der Waals surface area contributed by atoms with Gasteiger partial charge in [0.1, 0.15) is 12.4 Å². The molecular formula is C20H24N2O3. The monoisotopic (exact) mass is 340 g/mol. The Balaban J connectivity index is 1.38. The fourth-order valence-electron chi connectivity index (χ4n) is 3.98. The lowest BCUT2D eigenvalue weighted by Crippen LogP contribution is -2.46. The average Bonchev–Trinajstić information content (AvgIpc) is 3.28. The van der Waals surface area contributed by atoms with Crippen molar-refractivity contribution >= 4 is 5.91 Å². The zero-order valence-electron chi connectivity index (χ0n) is 14.3. The van der Waals surface area contributed by atoms with Crippen LogP contribution in [0.5, 0.6) is 5.75 Å². The molecule has 1 amide bonds. The van der Waals surface area contributed by atoms with Crippen LogP contribution in [0.15, 0.2) is 47.1 Å². The maximum Gasteiger partial charge on any atom is 0.287 e. The number of para-hydroxylation sites is 1. The van der Waals surface area contributed by atoms with Crippen molar-refractivity contribution in [1.82, 2.24) is 10.2 Å². The molecule has 0 bridgehead atoms. The molecule has 3 heterocycles. The second-order valence-electron chi connectivity index (χ2n) is 6.84. The molecule has 132 valence electrons. The Labute approximate surface area is 148 Å². The highest BCUT2D eigenvalue weighted by atomic mass is 16.5. The van der Waals surface area contributed by atoms with Gasteiger partial charge in [-0.3, -0.25) is 9.69 Å². The molecule has 2 aromatic rings. The van der Waals surface area contributed by atoms with Crippen LogP contribution in [-0.2, 0) is 6.61 Å². The first-order chi connectivity index (χ1) is 12.3. The first kappa shape index (κ1) is 16.2. The molecule has 2 unspecified atom stereocenters. The number of benzene rings is 1. The van der Waals surface area contributed by atoms with Gasteiger partial charge in [0.25, 0.3) is 5.91 Å². The predicted molar refractivity (Wildman–Crippen MR) is 94.6 cm³/mol. The number of carbonyl (C=O) groups excluding carboxylic acids is 1. The highest BCUT2D eigenvalue weighted by Gasteiger charge is 2.36. The van der Waals surface area contributed by atoms with Crippen molar-refractivity contribution in [2.24, 2.45) is 0 Å². The summed E-state index contributed by atoms with van der Waals surface area (Å²) in [6, 6.07) is 12.1. The van der Waals surface area contributed by atoms with Crippen molar-refractivity contribution in [3.8, 4) is 5.75 Å². The molecule has 0 saturated carbocycles. The largest absolute Gasteiger partial charge is 0.489 e. The first-order valence-electron chi connectivity index (χ1n) is 9.10. The Hall–Kier alpha value is -2.27. The molecule has 2 aliphatic rings. The van der Waals surface area contributed by atoms with E-state index in [1.807, 2.05) is 30.3 Å². The molecule has 2 atom stereocenters. The zero-order chi connectivity index (χ0) is 17.1. The maximum atomic E-state index is 12.7. The Bertz CT molecular complexity index is 713. The van der Waals surface area contributed by atoms with Crippen molar-refractivity contribution in [3.05, 3.63) is 54.0 Å². The normalized spacial score (nSPS) is 23.2. The quantitative estimate of drug-likeness (QED) is 0.908. The van der Waals surface area contributed by atoms with E-state index in [-0.39, 0.29) is 11.9 Å². The molecule has 0 aliphatic carbocycles. The second kappa shape index (κ2) is 7.31. The lowest BCUT2D eigenvalue weighted by molar-refractivity contribution is 0.0884. The lowest BCUT2D eigenvalue weighted by Gasteiger charge is -2.32. The summed E-state index contributed by atoms with van der Waals surface area (Å²) in [5.41, 5.74) is 0.778. The number of nitrogens with one attached hydrogen (secondary N) is 1. The van der Waals surface area contributed by atoms with Crippen molar-refractivity contribution in [2.75, 3.05) is 13.1 Å². The van der Waals surface area contributed by atoms with Crippen LogP contribution in [0.4, 0.5) is 0 Å². The molecular weight excluding hydrogens is 316 g/mol. The Morgan fingerprint density at radius 3 is 2.92 bits per heavy atom. The van der Waals surface area contributed by atoms with Crippen LogP contribution in [-0.4, -0.2) is 36.0 Å². The van der Waals surface area contributed by atoms with Crippen molar-refractivity contribution < 1.29 is 13.9 Å². The highest BCUT2D eigenvalue weighted by Crippen LogP contribution is 2.27. The molecule has 2 fully saturated rings. The van der Waals surface area contributed by atoms with Crippen LogP contribution >= 0.6 is 0 Å². The van der Waals surface area contributed by atoms with E-state index >= 15 is 0 Å². The van der Waals surface area contributed by atoms with Gasteiger partial charge in [-0.2, -0.15) is 0 Å². The summed E-state index contributed by atoms with van der Waals surface area (Å²) in [7, 11) is 0. The van der Waals surface area contributed by atoms with Crippen molar-refractivity contribution in [3.63, 3.8) is 0 Å². The van der Waals surface area contributed by atoms with E-state index in [1.165, 1.54) is 19.3 Å². The zero-order valence-corrected chi connectivity index (χ0v) is 14.3. The fourth-order valence-corrected chi connectivity index (χ4v) is 3.98. The third-order valence-corrected chi connectivity index (χ3v) is 5.26. The molecule has 5 nitrogen and oxygen atoms in total. The molecule has 2 saturated heterocycles. The molecule has 1 N–H and O–H groups in total.